The summed E-state index contributed by atoms with van der Waals surface area (Å²) >= 11 is 0. The Kier molecular flexibility index (Phi) is 2.18. The molecular formula is C10H10N2O2. The van der Waals surface area contributed by atoms with E-state index in [9.17, 15) is 4.79 Å². The molecule has 2 N–H and O–H groups in total. The summed E-state index contributed by atoms with van der Waals surface area (Å²) in [5.74, 6) is -0.322. The molecule has 0 aromatic heterocycles. The molecule has 0 unspecified atom stereocenters. The summed E-state index contributed by atoms with van der Waals surface area (Å²) < 4.78 is 0. The molecule has 72 valence electrons. The van der Waals surface area contributed by atoms with Crippen molar-refractivity contribution in [2.24, 2.45) is 5.16 Å². The van der Waals surface area contributed by atoms with Crippen molar-refractivity contribution in [3.05, 3.63) is 29.8 Å². The molecule has 0 atom stereocenters. The predicted molar refractivity (Wildman–Crippen MR) is 52.6 cm³/mol. The number of hydrogen-bond acceptors (Lipinski definition) is 3. The molecule has 0 aliphatic carbocycles. The largest absolute Gasteiger partial charge is 0.410 e. The number of carbonyl (C=O) groups excluding carboxylic acids is 1. The van der Waals surface area contributed by atoms with E-state index in [1.54, 1.807) is 0 Å². The monoisotopic (exact) mass is 190 g/mol. The smallest absolute Gasteiger partial charge is 0.273 e. The van der Waals surface area contributed by atoms with Crippen LogP contribution in [0.25, 0.3) is 0 Å². The zero-order valence-corrected chi connectivity index (χ0v) is 7.53. The molecule has 0 spiro atoms. The van der Waals surface area contributed by atoms with Crippen LogP contribution in [-0.2, 0) is 11.2 Å². The van der Waals surface area contributed by atoms with Gasteiger partial charge in [-0.05, 0) is 18.1 Å². The number of nitrogens with zero attached hydrogens (tertiary/aromatic N) is 1. The first-order chi connectivity index (χ1) is 6.81. The van der Waals surface area contributed by atoms with Gasteiger partial charge in [-0.25, -0.2) is 0 Å². The van der Waals surface area contributed by atoms with Gasteiger partial charge in [-0.3, -0.25) is 4.79 Å². The zero-order valence-electron chi connectivity index (χ0n) is 7.53. The molecule has 0 saturated carbocycles. The van der Waals surface area contributed by atoms with Gasteiger partial charge < -0.3 is 10.5 Å². The fourth-order valence-corrected chi connectivity index (χ4v) is 1.52. The number of anilines is 1. The van der Waals surface area contributed by atoms with Gasteiger partial charge in [-0.2, -0.15) is 0 Å². The van der Waals surface area contributed by atoms with Crippen LogP contribution in [0.2, 0.25) is 0 Å². The Morgan fingerprint density at radius 1 is 1.29 bits per heavy atom. The molecule has 1 heterocycles. The van der Waals surface area contributed by atoms with Gasteiger partial charge in [-0.15, -0.1) is 0 Å². The number of nitrogens with one attached hydrogen (secondary N) is 1. The van der Waals surface area contributed by atoms with Crippen LogP contribution in [0.3, 0.4) is 0 Å². The van der Waals surface area contributed by atoms with E-state index in [2.05, 4.69) is 10.5 Å². The van der Waals surface area contributed by atoms with Gasteiger partial charge in [0.1, 0.15) is 5.71 Å². The second-order valence-electron chi connectivity index (χ2n) is 3.16. The highest BCUT2D eigenvalue weighted by Crippen LogP contribution is 2.20. The SMILES string of the molecule is O=C1Nc2ccccc2CC/C1=N\O. The molecule has 0 radical (unpaired) electrons. The highest BCUT2D eigenvalue weighted by atomic mass is 16.4. The average molecular weight is 190 g/mol. The minimum atomic E-state index is -0.322. The van der Waals surface area contributed by atoms with Crippen molar-refractivity contribution in [2.45, 2.75) is 12.8 Å². The third-order valence-electron chi connectivity index (χ3n) is 2.28. The maximum atomic E-state index is 11.4. The average Bonchev–Trinajstić information content (AvgIpc) is 2.36. The van der Waals surface area contributed by atoms with E-state index in [0.29, 0.717) is 12.8 Å². The molecule has 1 amide bonds. The van der Waals surface area contributed by atoms with Crippen molar-refractivity contribution in [1.82, 2.24) is 0 Å². The van der Waals surface area contributed by atoms with Gasteiger partial charge in [0.15, 0.2) is 0 Å². The summed E-state index contributed by atoms with van der Waals surface area (Å²) in [6.07, 6.45) is 1.19. The molecular weight excluding hydrogens is 180 g/mol. The zero-order chi connectivity index (χ0) is 9.97. The number of oxime groups is 1. The Balaban J connectivity index is 2.37. The van der Waals surface area contributed by atoms with Gasteiger partial charge in [0.05, 0.1) is 0 Å². The van der Waals surface area contributed by atoms with E-state index in [-0.39, 0.29) is 11.6 Å². The molecule has 0 saturated heterocycles. The highest BCUT2D eigenvalue weighted by Gasteiger charge is 2.18. The van der Waals surface area contributed by atoms with E-state index in [1.807, 2.05) is 24.3 Å². The van der Waals surface area contributed by atoms with Crippen LogP contribution in [0.1, 0.15) is 12.0 Å². The van der Waals surface area contributed by atoms with Gasteiger partial charge in [0.2, 0.25) is 0 Å². The van der Waals surface area contributed by atoms with E-state index in [0.717, 1.165) is 11.3 Å². The minimum absolute atomic E-state index is 0.182. The number of hydrogen-bond donors (Lipinski definition) is 2. The van der Waals surface area contributed by atoms with E-state index in [1.165, 1.54) is 0 Å². The number of aryl methyl sites for hydroxylation is 1. The quantitative estimate of drug-likeness (QED) is 0.480. The molecule has 14 heavy (non-hydrogen) atoms. The Bertz CT molecular complexity index is 399. The van der Waals surface area contributed by atoms with Crippen LogP contribution in [0.4, 0.5) is 5.69 Å². The lowest BCUT2D eigenvalue weighted by atomic mass is 10.1. The van der Waals surface area contributed by atoms with Crippen molar-refractivity contribution in [3.63, 3.8) is 0 Å². The standard InChI is InChI=1S/C10H10N2O2/c13-10-9(12-14)6-5-7-3-1-2-4-8(7)11-10/h1-4,14H,5-6H2,(H,11,13)/b12-9+. The number of amides is 1. The Morgan fingerprint density at radius 3 is 2.86 bits per heavy atom. The van der Waals surface area contributed by atoms with Gasteiger partial charge in [0, 0.05) is 12.1 Å². The Morgan fingerprint density at radius 2 is 2.07 bits per heavy atom. The molecule has 1 aliphatic rings. The van der Waals surface area contributed by atoms with Crippen LogP contribution in [0.15, 0.2) is 29.4 Å². The van der Waals surface area contributed by atoms with Crippen molar-refractivity contribution in [3.8, 4) is 0 Å². The molecule has 0 fully saturated rings. The maximum absolute atomic E-state index is 11.4. The van der Waals surface area contributed by atoms with Crippen LogP contribution in [0.5, 0.6) is 0 Å². The second kappa shape index (κ2) is 3.49. The first kappa shape index (κ1) is 8.74. The fraction of sp³-hybridized carbons (Fsp3) is 0.200. The van der Waals surface area contributed by atoms with Gasteiger partial charge >= 0.3 is 0 Å². The summed E-state index contributed by atoms with van der Waals surface area (Å²) in [6.45, 7) is 0. The molecule has 2 rings (SSSR count). The molecule has 4 nitrogen and oxygen atoms in total. The van der Waals surface area contributed by atoms with Crippen LogP contribution >= 0.6 is 0 Å². The van der Waals surface area contributed by atoms with Crippen LogP contribution in [0, 0.1) is 0 Å². The lowest BCUT2D eigenvalue weighted by molar-refractivity contribution is -0.110. The molecule has 1 aromatic rings. The van der Waals surface area contributed by atoms with Crippen LogP contribution < -0.4 is 5.32 Å². The molecule has 1 aliphatic heterocycles. The number of carbonyl (C=O) groups is 1. The lowest BCUT2D eigenvalue weighted by Crippen LogP contribution is -2.20. The van der Waals surface area contributed by atoms with Crippen LogP contribution in [-0.4, -0.2) is 16.8 Å². The van der Waals surface area contributed by atoms with E-state index >= 15 is 0 Å². The summed E-state index contributed by atoms with van der Waals surface area (Å²) in [7, 11) is 0. The Hall–Kier alpha value is -1.84. The first-order valence-electron chi connectivity index (χ1n) is 4.41. The summed E-state index contributed by atoms with van der Waals surface area (Å²) in [5.41, 5.74) is 2.05. The topological polar surface area (TPSA) is 61.7 Å². The number of para-hydroxylation sites is 1. The van der Waals surface area contributed by atoms with E-state index < -0.39 is 0 Å². The number of fused-ring (bicyclic) bond motifs is 1. The van der Waals surface area contributed by atoms with Gasteiger partial charge in [0.25, 0.3) is 5.91 Å². The van der Waals surface area contributed by atoms with Crippen molar-refractivity contribution < 1.29 is 10.0 Å². The maximum Gasteiger partial charge on any atom is 0.273 e. The highest BCUT2D eigenvalue weighted by molar-refractivity contribution is 6.43. The van der Waals surface area contributed by atoms with Crippen molar-refractivity contribution >= 4 is 17.3 Å². The second-order valence-corrected chi connectivity index (χ2v) is 3.16. The lowest BCUT2D eigenvalue weighted by Gasteiger charge is -2.03. The summed E-state index contributed by atoms with van der Waals surface area (Å²) in [5, 5.41) is 14.3. The third kappa shape index (κ3) is 1.46. The number of rotatable bonds is 0. The summed E-state index contributed by atoms with van der Waals surface area (Å²) in [6, 6.07) is 7.58. The third-order valence-corrected chi connectivity index (χ3v) is 2.28. The predicted octanol–water partition coefficient (Wildman–Crippen LogP) is 1.40. The van der Waals surface area contributed by atoms with Crippen molar-refractivity contribution in [2.75, 3.05) is 5.32 Å². The van der Waals surface area contributed by atoms with Gasteiger partial charge in [-0.1, -0.05) is 23.4 Å². The minimum Gasteiger partial charge on any atom is -0.410 e. The molecule has 0 bridgehead atoms. The molecule has 4 heteroatoms. The fourth-order valence-electron chi connectivity index (χ4n) is 1.52. The Labute approximate surface area is 81.2 Å². The number of benzene rings is 1. The normalized spacial score (nSPS) is 18.6. The molecule has 1 aromatic carbocycles. The van der Waals surface area contributed by atoms with Crippen molar-refractivity contribution in [1.29, 1.82) is 0 Å². The first-order valence-corrected chi connectivity index (χ1v) is 4.41. The van der Waals surface area contributed by atoms with E-state index in [4.69, 9.17) is 5.21 Å². The summed E-state index contributed by atoms with van der Waals surface area (Å²) in [4.78, 5) is 11.4.